The van der Waals surface area contributed by atoms with E-state index >= 15 is 0 Å². The molecule has 1 fully saturated rings. The Kier molecular flexibility index (Phi) is 4.56. The van der Waals surface area contributed by atoms with Gasteiger partial charge in [0.1, 0.15) is 0 Å². The Hall–Kier alpha value is -2.18. The second-order valence-electron chi connectivity index (χ2n) is 7.91. The Morgan fingerprint density at radius 3 is 2.59 bits per heavy atom. The van der Waals surface area contributed by atoms with Gasteiger partial charge >= 0.3 is 0 Å². The van der Waals surface area contributed by atoms with Gasteiger partial charge in [-0.05, 0) is 56.4 Å². The van der Waals surface area contributed by atoms with E-state index in [1.165, 1.54) is 11.1 Å². The summed E-state index contributed by atoms with van der Waals surface area (Å²) in [6.07, 6.45) is 5.69. The topological polar surface area (TPSA) is 78.3 Å². The molecule has 1 aliphatic heterocycles. The number of anilines is 1. The van der Waals surface area contributed by atoms with E-state index in [0.29, 0.717) is 18.1 Å². The molecule has 27 heavy (non-hydrogen) atoms. The third-order valence-corrected chi connectivity index (χ3v) is 5.66. The van der Waals surface area contributed by atoms with Gasteiger partial charge in [-0.25, -0.2) is 9.97 Å². The number of benzene rings is 1. The van der Waals surface area contributed by atoms with Crippen molar-refractivity contribution >= 4 is 23.5 Å². The minimum atomic E-state index is -0.906. The summed E-state index contributed by atoms with van der Waals surface area (Å²) >= 11 is 6.06. The molecule has 4 rings (SSSR count). The molecule has 7 heteroatoms. The number of carbonyl (C=O) groups excluding carboxylic acids is 1. The predicted octanol–water partition coefficient (Wildman–Crippen LogP) is 2.69. The molecule has 1 amide bonds. The largest absolute Gasteiger partial charge is 0.388 e. The van der Waals surface area contributed by atoms with Crippen LogP contribution in [0.1, 0.15) is 41.8 Å². The maximum atomic E-state index is 12.6. The zero-order valence-corrected chi connectivity index (χ0v) is 16.2. The summed E-state index contributed by atoms with van der Waals surface area (Å²) in [5.41, 5.74) is 2.08. The molecule has 2 N–H and O–H groups in total. The van der Waals surface area contributed by atoms with E-state index in [1.54, 1.807) is 31.1 Å². The number of amides is 1. The molecule has 1 unspecified atom stereocenters. The van der Waals surface area contributed by atoms with E-state index in [0.717, 1.165) is 24.3 Å². The lowest BCUT2D eigenvalue weighted by Gasteiger charge is -2.47. The van der Waals surface area contributed by atoms with Crippen molar-refractivity contribution in [3.8, 4) is 0 Å². The maximum absolute atomic E-state index is 12.6. The van der Waals surface area contributed by atoms with Gasteiger partial charge in [0, 0.05) is 30.0 Å². The van der Waals surface area contributed by atoms with Gasteiger partial charge in [-0.3, -0.25) is 4.79 Å². The molecule has 2 aromatic rings. The van der Waals surface area contributed by atoms with E-state index in [9.17, 15) is 9.90 Å². The summed E-state index contributed by atoms with van der Waals surface area (Å²) in [6.45, 7) is 4.11. The van der Waals surface area contributed by atoms with Gasteiger partial charge < -0.3 is 15.3 Å². The maximum Gasteiger partial charge on any atom is 0.257 e. The fraction of sp³-hybridized carbons (Fsp3) is 0.450. The minimum absolute atomic E-state index is 0.136. The number of nitrogens with one attached hydrogen (secondary N) is 1. The lowest BCUT2D eigenvalue weighted by atomic mass is 9.87. The monoisotopic (exact) mass is 386 g/mol. The van der Waals surface area contributed by atoms with Crippen LogP contribution in [-0.2, 0) is 12.8 Å². The number of aromatic nitrogens is 2. The van der Waals surface area contributed by atoms with Gasteiger partial charge in [0.05, 0.1) is 17.2 Å². The molecule has 6 nitrogen and oxygen atoms in total. The average Bonchev–Trinajstić information content (AvgIpc) is 2.94. The van der Waals surface area contributed by atoms with E-state index < -0.39 is 5.60 Å². The third kappa shape index (κ3) is 3.64. The number of halogens is 1. The van der Waals surface area contributed by atoms with Crippen LogP contribution in [0.4, 0.5) is 5.95 Å². The van der Waals surface area contributed by atoms with E-state index in [-0.39, 0.29) is 18.0 Å². The van der Waals surface area contributed by atoms with Crippen molar-refractivity contribution in [2.24, 2.45) is 0 Å². The van der Waals surface area contributed by atoms with Crippen LogP contribution in [0, 0.1) is 0 Å². The van der Waals surface area contributed by atoms with E-state index in [2.05, 4.69) is 21.4 Å². The smallest absolute Gasteiger partial charge is 0.257 e. The summed E-state index contributed by atoms with van der Waals surface area (Å²) in [7, 11) is 0. The SMILES string of the molecule is CC(C)(O)C1CCN1C(=O)c1cnc(N[C@@H]2Cc3ccc(Cl)cc3C2)nc1. The molecule has 142 valence electrons. The Labute approximate surface area is 163 Å². The number of aliphatic hydroxyl groups is 1. The van der Waals surface area contributed by atoms with Gasteiger partial charge in [0.2, 0.25) is 5.95 Å². The van der Waals surface area contributed by atoms with E-state index in [4.69, 9.17) is 11.6 Å². The zero-order valence-electron chi connectivity index (χ0n) is 15.4. The van der Waals surface area contributed by atoms with Crippen LogP contribution in [0.15, 0.2) is 30.6 Å². The average molecular weight is 387 g/mol. The summed E-state index contributed by atoms with van der Waals surface area (Å²) in [5, 5.41) is 14.2. The van der Waals surface area contributed by atoms with Gasteiger partial charge in [-0.1, -0.05) is 17.7 Å². The van der Waals surface area contributed by atoms with Crippen molar-refractivity contribution in [1.29, 1.82) is 0 Å². The van der Waals surface area contributed by atoms with Gasteiger partial charge in [0.15, 0.2) is 0 Å². The molecule has 2 atom stereocenters. The van der Waals surface area contributed by atoms with Gasteiger partial charge in [0.25, 0.3) is 5.91 Å². The Morgan fingerprint density at radius 2 is 1.96 bits per heavy atom. The normalized spacial score (nSPS) is 21.6. The molecule has 2 aliphatic rings. The molecule has 2 heterocycles. The van der Waals surface area contributed by atoms with Gasteiger partial charge in [-0.15, -0.1) is 0 Å². The first-order valence-corrected chi connectivity index (χ1v) is 9.58. The summed E-state index contributed by atoms with van der Waals surface area (Å²) in [4.78, 5) is 22.9. The van der Waals surface area contributed by atoms with Crippen LogP contribution in [-0.4, -0.2) is 50.1 Å². The Morgan fingerprint density at radius 1 is 1.26 bits per heavy atom. The molecule has 1 aromatic heterocycles. The molecule has 0 radical (unpaired) electrons. The van der Waals surface area contributed by atoms with Crippen LogP contribution >= 0.6 is 11.6 Å². The molecule has 1 saturated heterocycles. The summed E-state index contributed by atoms with van der Waals surface area (Å²) in [6, 6.07) is 6.04. The highest BCUT2D eigenvalue weighted by molar-refractivity contribution is 6.30. The zero-order chi connectivity index (χ0) is 19.2. The van der Waals surface area contributed by atoms with Crippen molar-refractivity contribution in [3.63, 3.8) is 0 Å². The predicted molar refractivity (Wildman–Crippen MR) is 104 cm³/mol. The molecular formula is C20H23ClN4O2. The lowest BCUT2D eigenvalue weighted by molar-refractivity contribution is -0.0550. The lowest BCUT2D eigenvalue weighted by Crippen LogP contribution is -2.60. The third-order valence-electron chi connectivity index (χ3n) is 5.43. The highest BCUT2D eigenvalue weighted by atomic mass is 35.5. The number of fused-ring (bicyclic) bond motifs is 1. The molecular weight excluding hydrogens is 364 g/mol. The van der Waals surface area contributed by atoms with E-state index in [1.807, 2.05) is 12.1 Å². The minimum Gasteiger partial charge on any atom is -0.388 e. The first kappa shape index (κ1) is 18.2. The fourth-order valence-corrected chi connectivity index (χ4v) is 4.11. The summed E-state index contributed by atoms with van der Waals surface area (Å²) < 4.78 is 0. The van der Waals surface area contributed by atoms with Crippen molar-refractivity contribution < 1.29 is 9.90 Å². The molecule has 1 aromatic carbocycles. The highest BCUT2D eigenvalue weighted by Crippen LogP contribution is 2.29. The van der Waals surface area contributed by atoms with Crippen LogP contribution in [0.3, 0.4) is 0 Å². The number of rotatable bonds is 4. The first-order valence-electron chi connectivity index (χ1n) is 9.20. The number of carbonyl (C=O) groups is 1. The standard InChI is InChI=1S/C20H23ClN4O2/c1-20(2,27)17-5-6-25(17)18(26)14-10-22-19(23-11-14)24-16-8-12-3-4-15(21)7-13(12)9-16/h3-4,7,10-11,16-17,27H,5-6,8-9H2,1-2H3,(H,22,23,24)/t16-,17?/m1/s1. The second kappa shape index (κ2) is 6.77. The van der Waals surface area contributed by atoms with Crippen LogP contribution in [0.5, 0.6) is 0 Å². The van der Waals surface area contributed by atoms with Crippen molar-refractivity contribution in [1.82, 2.24) is 14.9 Å². The number of likely N-dealkylation sites (tertiary alicyclic amines) is 1. The van der Waals surface area contributed by atoms with Crippen molar-refractivity contribution in [2.75, 3.05) is 11.9 Å². The molecule has 0 saturated carbocycles. The number of nitrogens with zero attached hydrogens (tertiary/aromatic N) is 3. The molecule has 0 spiro atoms. The van der Waals surface area contributed by atoms with Crippen LogP contribution < -0.4 is 5.32 Å². The molecule has 1 aliphatic carbocycles. The Balaban J connectivity index is 1.39. The quantitative estimate of drug-likeness (QED) is 0.844. The van der Waals surface area contributed by atoms with Crippen LogP contribution in [0.2, 0.25) is 5.02 Å². The first-order chi connectivity index (χ1) is 12.8. The second-order valence-corrected chi connectivity index (χ2v) is 8.35. The number of hydrogen-bond acceptors (Lipinski definition) is 5. The number of hydrogen-bond donors (Lipinski definition) is 2. The van der Waals surface area contributed by atoms with Gasteiger partial charge in [-0.2, -0.15) is 0 Å². The highest BCUT2D eigenvalue weighted by Gasteiger charge is 2.42. The summed E-state index contributed by atoms with van der Waals surface area (Å²) in [5.74, 6) is 0.376. The molecule has 0 bridgehead atoms. The van der Waals surface area contributed by atoms with Crippen molar-refractivity contribution in [3.05, 3.63) is 52.3 Å². The van der Waals surface area contributed by atoms with Crippen molar-refractivity contribution in [2.45, 2.75) is 50.8 Å². The van der Waals surface area contributed by atoms with Crippen LogP contribution in [0.25, 0.3) is 0 Å². The fourth-order valence-electron chi connectivity index (χ4n) is 3.92. The Bertz CT molecular complexity index is 863.